The Balaban J connectivity index is 1.83. The smallest absolute Gasteiger partial charge is 0.342 e. The molecule has 1 heterocycles. The Morgan fingerprint density at radius 3 is 2.66 bits per heavy atom. The Hall–Kier alpha value is -3.34. The highest BCUT2D eigenvalue weighted by atomic mass is 16.5. The summed E-state index contributed by atoms with van der Waals surface area (Å²) in [5, 5.41) is 10.6. The van der Waals surface area contributed by atoms with E-state index >= 15 is 0 Å². The van der Waals surface area contributed by atoms with Gasteiger partial charge in [0.1, 0.15) is 29.5 Å². The van der Waals surface area contributed by atoms with Crippen LogP contribution in [0.4, 0.5) is 0 Å². The average Bonchev–Trinajstić information content (AvgIpc) is 2.77. The number of carbonyl (C=O) groups is 2. The fraction of sp³-hybridized carbons (Fsp3) is 0.333. The van der Waals surface area contributed by atoms with Crippen LogP contribution >= 0.6 is 0 Å². The van der Waals surface area contributed by atoms with Crippen molar-refractivity contribution >= 4 is 23.9 Å². The molecule has 0 saturated carbocycles. The fourth-order valence-corrected chi connectivity index (χ4v) is 3.62. The van der Waals surface area contributed by atoms with E-state index in [-0.39, 0.29) is 23.2 Å². The summed E-state index contributed by atoms with van der Waals surface area (Å²) >= 11 is 0. The van der Waals surface area contributed by atoms with Crippen molar-refractivity contribution in [1.82, 2.24) is 0 Å². The van der Waals surface area contributed by atoms with E-state index in [0.717, 1.165) is 17.5 Å². The molecule has 5 nitrogen and oxygen atoms in total. The van der Waals surface area contributed by atoms with Crippen LogP contribution in [0.2, 0.25) is 0 Å². The van der Waals surface area contributed by atoms with E-state index in [0.29, 0.717) is 50.0 Å². The summed E-state index contributed by atoms with van der Waals surface area (Å²) in [6, 6.07) is 11.0. The number of carbonyl (C=O) groups excluding carboxylic acids is 2. The van der Waals surface area contributed by atoms with E-state index in [9.17, 15) is 14.7 Å². The van der Waals surface area contributed by atoms with E-state index < -0.39 is 5.97 Å². The summed E-state index contributed by atoms with van der Waals surface area (Å²) in [5.74, 6) is -0.0621. The van der Waals surface area contributed by atoms with Gasteiger partial charge in [-0.05, 0) is 55.4 Å². The van der Waals surface area contributed by atoms with Crippen molar-refractivity contribution in [3.05, 3.63) is 71.3 Å². The zero-order valence-corrected chi connectivity index (χ0v) is 18.5. The summed E-state index contributed by atoms with van der Waals surface area (Å²) in [5.41, 5.74) is 2.66. The number of aromatic hydroxyl groups is 1. The molecule has 32 heavy (non-hydrogen) atoms. The van der Waals surface area contributed by atoms with Gasteiger partial charge < -0.3 is 14.6 Å². The van der Waals surface area contributed by atoms with Gasteiger partial charge >= 0.3 is 5.97 Å². The number of rotatable bonds is 4. The second kappa shape index (κ2) is 11.3. The average molecular weight is 435 g/mol. The van der Waals surface area contributed by atoms with Crippen LogP contribution in [0.1, 0.15) is 72.5 Å². The molecule has 2 aromatic carbocycles. The molecule has 0 radical (unpaired) electrons. The topological polar surface area (TPSA) is 72.8 Å². The van der Waals surface area contributed by atoms with Gasteiger partial charge in [-0.25, -0.2) is 4.79 Å². The first kappa shape index (κ1) is 23.3. The number of allylic oxidation sites excluding steroid dienone is 1. The number of Topliss-reactive ketones (excluding diaryl/α,β-unsaturated/α-hetero) is 1. The molecule has 1 N–H and O–H groups in total. The molecule has 0 saturated heterocycles. The monoisotopic (exact) mass is 434 g/mol. The van der Waals surface area contributed by atoms with Crippen LogP contribution < -0.4 is 4.74 Å². The molecule has 1 atom stereocenters. The Labute approximate surface area is 189 Å². The molecule has 0 aromatic heterocycles. The van der Waals surface area contributed by atoms with Crippen molar-refractivity contribution in [3.63, 3.8) is 0 Å². The minimum Gasteiger partial charge on any atom is -0.507 e. The lowest BCUT2D eigenvalue weighted by Crippen LogP contribution is -2.17. The Morgan fingerprint density at radius 2 is 1.91 bits per heavy atom. The molecular weight excluding hydrogens is 404 g/mol. The predicted octanol–water partition coefficient (Wildman–Crippen LogP) is 6.10. The van der Waals surface area contributed by atoms with Crippen molar-refractivity contribution < 1.29 is 24.2 Å². The number of esters is 1. The highest BCUT2D eigenvalue weighted by Gasteiger charge is 2.21. The fourth-order valence-electron chi connectivity index (χ4n) is 3.62. The van der Waals surface area contributed by atoms with Crippen molar-refractivity contribution in [3.8, 4) is 11.5 Å². The predicted molar refractivity (Wildman–Crippen MR) is 126 cm³/mol. The van der Waals surface area contributed by atoms with Crippen LogP contribution in [-0.2, 0) is 16.1 Å². The van der Waals surface area contributed by atoms with E-state index in [4.69, 9.17) is 9.47 Å². The van der Waals surface area contributed by atoms with Crippen LogP contribution in [0.25, 0.3) is 12.2 Å². The number of hydrogen-bond donors (Lipinski definition) is 1. The van der Waals surface area contributed by atoms with E-state index in [1.54, 1.807) is 25.1 Å². The van der Waals surface area contributed by atoms with Crippen LogP contribution in [0.15, 0.2) is 49.1 Å². The van der Waals surface area contributed by atoms with Gasteiger partial charge in [-0.3, -0.25) is 4.79 Å². The highest BCUT2D eigenvalue weighted by molar-refractivity contribution is 5.97. The van der Waals surface area contributed by atoms with Gasteiger partial charge in [0.15, 0.2) is 0 Å². The molecule has 0 spiro atoms. The van der Waals surface area contributed by atoms with Crippen molar-refractivity contribution in [2.24, 2.45) is 0 Å². The van der Waals surface area contributed by atoms with Crippen molar-refractivity contribution in [2.45, 2.75) is 58.2 Å². The normalized spacial score (nSPS) is 17.7. The minimum atomic E-state index is -0.579. The maximum Gasteiger partial charge on any atom is 0.342 e. The van der Waals surface area contributed by atoms with E-state index in [2.05, 4.69) is 6.58 Å². The lowest BCUT2D eigenvalue weighted by atomic mass is 10.0. The lowest BCUT2D eigenvalue weighted by Gasteiger charge is -2.16. The molecule has 2 aromatic rings. The molecule has 1 aliphatic rings. The van der Waals surface area contributed by atoms with Gasteiger partial charge in [0.05, 0.1) is 6.10 Å². The van der Waals surface area contributed by atoms with Crippen LogP contribution in [-0.4, -0.2) is 23.0 Å². The number of fused-ring (bicyclic) bond motifs is 1. The third kappa shape index (κ3) is 6.58. The maximum atomic E-state index is 12.8. The lowest BCUT2D eigenvalue weighted by molar-refractivity contribution is -0.119. The van der Waals surface area contributed by atoms with Crippen molar-refractivity contribution in [2.75, 3.05) is 0 Å². The summed E-state index contributed by atoms with van der Waals surface area (Å²) in [6.45, 7) is 5.87. The van der Waals surface area contributed by atoms with E-state index in [1.165, 1.54) is 6.07 Å². The Kier molecular flexibility index (Phi) is 8.26. The van der Waals surface area contributed by atoms with Gasteiger partial charge in [0.25, 0.3) is 0 Å². The van der Waals surface area contributed by atoms with Gasteiger partial charge in [0, 0.05) is 18.9 Å². The molecule has 0 amide bonds. The maximum absolute atomic E-state index is 12.8. The second-order valence-corrected chi connectivity index (χ2v) is 8.08. The molecule has 168 valence electrons. The number of hydrogen-bond acceptors (Lipinski definition) is 5. The number of phenolic OH excluding ortho intramolecular Hbond substituents is 1. The molecule has 3 rings (SSSR count). The Morgan fingerprint density at radius 1 is 1.16 bits per heavy atom. The third-order valence-corrected chi connectivity index (χ3v) is 5.44. The van der Waals surface area contributed by atoms with Crippen molar-refractivity contribution in [1.29, 1.82) is 0 Å². The van der Waals surface area contributed by atoms with Gasteiger partial charge in [-0.1, -0.05) is 49.1 Å². The van der Waals surface area contributed by atoms with Gasteiger partial charge in [-0.2, -0.15) is 0 Å². The summed E-state index contributed by atoms with van der Waals surface area (Å²) in [6.07, 6.45) is 8.93. The molecule has 0 unspecified atom stereocenters. The Bertz CT molecular complexity index is 988. The minimum absolute atomic E-state index is 0.129. The molecule has 0 bridgehead atoms. The standard InChI is InChI=1S/C27H30O5/c1-3-20-12-14-21(15-13-20)18-31-24-16-22-9-5-4-6-10-23(28)11-7-8-19(2)32-27(30)26(22)25(29)17-24/h3,5,9,12-17,19,29H,1,4,6-8,10-11,18H2,2H3/t19-/m1/s1. The number of cyclic esters (lactones) is 1. The van der Waals surface area contributed by atoms with E-state index in [1.807, 2.05) is 30.3 Å². The quantitative estimate of drug-likeness (QED) is 0.589. The molecule has 1 aliphatic heterocycles. The second-order valence-electron chi connectivity index (χ2n) is 8.08. The van der Waals surface area contributed by atoms with Gasteiger partial charge in [0.2, 0.25) is 0 Å². The zero-order chi connectivity index (χ0) is 22.9. The molecule has 5 heteroatoms. The third-order valence-electron chi connectivity index (χ3n) is 5.44. The summed E-state index contributed by atoms with van der Waals surface area (Å²) < 4.78 is 11.4. The summed E-state index contributed by atoms with van der Waals surface area (Å²) in [4.78, 5) is 24.7. The van der Waals surface area contributed by atoms with Gasteiger partial charge in [-0.15, -0.1) is 0 Å². The molecule has 0 fully saturated rings. The molecular formula is C27H30O5. The number of benzene rings is 2. The van der Waals surface area contributed by atoms with Crippen LogP contribution in [0, 0.1) is 0 Å². The number of ketones is 1. The number of ether oxygens (including phenoxy) is 2. The SMILES string of the molecule is C=Cc1ccc(COc2cc(O)c3c(c2)C=CCCCC(=O)CCC[C@@H](C)OC3=O)cc1. The zero-order valence-electron chi connectivity index (χ0n) is 18.5. The largest absolute Gasteiger partial charge is 0.507 e. The number of phenols is 1. The first-order chi connectivity index (χ1) is 15.5. The van der Waals surface area contributed by atoms with Crippen LogP contribution in [0.3, 0.4) is 0 Å². The highest BCUT2D eigenvalue weighted by Crippen LogP contribution is 2.31. The first-order valence-electron chi connectivity index (χ1n) is 11.1. The summed E-state index contributed by atoms with van der Waals surface area (Å²) in [7, 11) is 0. The molecule has 0 aliphatic carbocycles. The van der Waals surface area contributed by atoms with Crippen LogP contribution in [0.5, 0.6) is 11.5 Å². The first-order valence-corrected chi connectivity index (χ1v) is 11.1.